The fraction of sp³-hybridized carbons (Fsp3) is 0.143. The van der Waals surface area contributed by atoms with E-state index in [0.717, 1.165) is 38.0 Å². The van der Waals surface area contributed by atoms with Crippen molar-refractivity contribution in [3.8, 4) is 22.5 Å². The van der Waals surface area contributed by atoms with Crippen molar-refractivity contribution in [3.05, 3.63) is 65.4 Å². The third kappa shape index (κ3) is 3.48. The maximum Gasteiger partial charge on any atom is 0.235 e. The summed E-state index contributed by atoms with van der Waals surface area (Å²) in [7, 11) is -1.02. The van der Waals surface area contributed by atoms with Crippen LogP contribution in [0.4, 0.5) is 0 Å². The number of nitrogens with zero attached hydrogens (tertiary/aromatic N) is 3. The first-order valence-electron chi connectivity index (χ1n) is 8.61. The Balaban J connectivity index is 1.96. The van der Waals surface area contributed by atoms with Crippen LogP contribution < -0.4 is 0 Å². The van der Waals surface area contributed by atoms with E-state index < -0.39 is 10.8 Å². The Labute approximate surface area is 175 Å². The van der Waals surface area contributed by atoms with Crippen molar-refractivity contribution in [2.75, 3.05) is 12.5 Å². The number of hydrogen-bond acceptors (Lipinski definition) is 4. The van der Waals surface area contributed by atoms with Gasteiger partial charge in [0.2, 0.25) is 5.78 Å². The molecule has 0 amide bonds. The smallest absolute Gasteiger partial charge is 0.235 e. The average Bonchev–Trinajstić information content (AvgIpc) is 3.06. The lowest BCUT2D eigenvalue weighted by Crippen LogP contribution is -1.93. The van der Waals surface area contributed by atoms with Crippen molar-refractivity contribution >= 4 is 39.9 Å². The first-order chi connectivity index (χ1) is 13.5. The number of hydrogen-bond donors (Lipinski definition) is 0. The van der Waals surface area contributed by atoms with Crippen LogP contribution in [0.5, 0.6) is 0 Å². The molecule has 142 valence electrons. The summed E-state index contributed by atoms with van der Waals surface area (Å²) < 4.78 is 13.7. The molecule has 2 aromatic carbocycles. The molecule has 28 heavy (non-hydrogen) atoms. The van der Waals surface area contributed by atoms with E-state index in [-0.39, 0.29) is 0 Å². The van der Waals surface area contributed by atoms with Gasteiger partial charge in [-0.2, -0.15) is 0 Å². The highest BCUT2D eigenvalue weighted by atomic mass is 35.5. The predicted octanol–water partition coefficient (Wildman–Crippen LogP) is 5.48. The van der Waals surface area contributed by atoms with Crippen LogP contribution in [0.2, 0.25) is 5.02 Å². The lowest BCUT2D eigenvalue weighted by molar-refractivity contribution is 0.687. The average molecular weight is 428 g/mol. The second-order valence-corrected chi connectivity index (χ2v) is 9.01. The number of benzene rings is 2. The monoisotopic (exact) mass is 427 g/mol. The van der Waals surface area contributed by atoms with E-state index in [1.54, 1.807) is 18.0 Å². The highest BCUT2D eigenvalue weighted by Gasteiger charge is 2.18. The number of imidazole rings is 1. The van der Waals surface area contributed by atoms with Crippen LogP contribution in [0.3, 0.4) is 0 Å². The number of rotatable bonds is 4. The van der Waals surface area contributed by atoms with Gasteiger partial charge >= 0.3 is 0 Å². The van der Waals surface area contributed by atoms with Gasteiger partial charge in [0.1, 0.15) is 0 Å². The van der Waals surface area contributed by atoms with E-state index in [1.807, 2.05) is 66.2 Å². The van der Waals surface area contributed by atoms with Crippen LogP contribution in [0.1, 0.15) is 5.69 Å². The quantitative estimate of drug-likeness (QED) is 0.404. The van der Waals surface area contributed by atoms with Gasteiger partial charge in [0.25, 0.3) is 0 Å². The third-order valence-corrected chi connectivity index (χ3v) is 6.68. The summed E-state index contributed by atoms with van der Waals surface area (Å²) in [6.45, 7) is 1.95. The Morgan fingerprint density at radius 3 is 2.39 bits per heavy atom. The number of halogens is 1. The molecule has 2 aromatic heterocycles. The second kappa shape index (κ2) is 7.70. The van der Waals surface area contributed by atoms with Crippen LogP contribution in [-0.2, 0) is 10.8 Å². The molecule has 4 rings (SSSR count). The molecule has 2 heterocycles. The molecule has 1 atom stereocenters. The Kier molecular flexibility index (Phi) is 5.27. The summed E-state index contributed by atoms with van der Waals surface area (Å²) in [4.78, 5) is 11.2. The van der Waals surface area contributed by atoms with Crippen LogP contribution in [0, 0.1) is 6.92 Å². The van der Waals surface area contributed by atoms with E-state index in [4.69, 9.17) is 16.6 Å². The minimum absolute atomic E-state index is 0.637. The van der Waals surface area contributed by atoms with Gasteiger partial charge in [-0.3, -0.25) is 8.61 Å². The summed E-state index contributed by atoms with van der Waals surface area (Å²) in [5.74, 6) is 0.637. The van der Waals surface area contributed by atoms with Crippen molar-refractivity contribution in [3.63, 3.8) is 0 Å². The molecule has 0 bridgehead atoms. The molecule has 4 aromatic rings. The summed E-state index contributed by atoms with van der Waals surface area (Å²) in [5.41, 5.74) is 4.57. The van der Waals surface area contributed by atoms with Gasteiger partial charge in [-0.15, -0.1) is 11.8 Å². The maximum atomic E-state index is 11.7. The minimum atomic E-state index is -1.02. The van der Waals surface area contributed by atoms with Gasteiger partial charge in [-0.05, 0) is 43.5 Å². The zero-order valence-corrected chi connectivity index (χ0v) is 18.0. The van der Waals surface area contributed by atoms with E-state index in [9.17, 15) is 4.21 Å². The predicted molar refractivity (Wildman–Crippen MR) is 118 cm³/mol. The molecule has 0 aliphatic rings. The number of aryl methyl sites for hydroxylation is 1. The zero-order chi connectivity index (χ0) is 19.8. The number of fused-ring (bicyclic) bond motifs is 1. The lowest BCUT2D eigenvalue weighted by atomic mass is 10.0. The lowest BCUT2D eigenvalue weighted by Gasteiger charge is -2.08. The maximum absolute atomic E-state index is 11.7. The topological polar surface area (TPSA) is 47.3 Å². The molecule has 0 radical (unpaired) electrons. The molecular formula is C21H18ClN3OS2. The van der Waals surface area contributed by atoms with Crippen molar-refractivity contribution in [1.82, 2.24) is 14.4 Å². The molecule has 1 unspecified atom stereocenters. The molecule has 0 saturated carbocycles. The molecule has 4 nitrogen and oxygen atoms in total. The largest absolute Gasteiger partial charge is 0.283 e. The SMILES string of the molecule is CSc1ccc(-c2c(-c3ccc(S(C)=O)cc3)nc3nc(C)ccn23)cc1Cl. The molecule has 0 spiro atoms. The molecule has 0 N–H and O–H groups in total. The van der Waals surface area contributed by atoms with Crippen molar-refractivity contribution in [1.29, 1.82) is 0 Å². The van der Waals surface area contributed by atoms with Crippen LogP contribution >= 0.6 is 23.4 Å². The highest BCUT2D eigenvalue weighted by Crippen LogP contribution is 2.36. The van der Waals surface area contributed by atoms with E-state index >= 15 is 0 Å². The number of thioether (sulfide) groups is 1. The molecule has 0 saturated heterocycles. The van der Waals surface area contributed by atoms with Crippen LogP contribution in [-0.4, -0.2) is 31.1 Å². The van der Waals surface area contributed by atoms with Gasteiger partial charge < -0.3 is 0 Å². The van der Waals surface area contributed by atoms with Gasteiger partial charge in [-0.25, -0.2) is 9.97 Å². The number of aromatic nitrogens is 3. The van der Waals surface area contributed by atoms with Gasteiger partial charge in [0.15, 0.2) is 0 Å². The highest BCUT2D eigenvalue weighted by molar-refractivity contribution is 7.98. The Bertz CT molecular complexity index is 1200. The fourth-order valence-corrected chi connectivity index (χ4v) is 4.50. The first kappa shape index (κ1) is 19.2. The third-order valence-electron chi connectivity index (χ3n) is 4.52. The van der Waals surface area contributed by atoms with Crippen LogP contribution in [0.15, 0.2) is 64.5 Å². The summed E-state index contributed by atoms with van der Waals surface area (Å²) in [5, 5.41) is 0.711. The molecule has 7 heteroatoms. The molecular weight excluding hydrogens is 410 g/mol. The van der Waals surface area contributed by atoms with Crippen molar-refractivity contribution in [2.24, 2.45) is 0 Å². The molecule has 0 aliphatic carbocycles. The Morgan fingerprint density at radius 2 is 1.75 bits per heavy atom. The van der Waals surface area contributed by atoms with Gasteiger partial charge in [-0.1, -0.05) is 29.8 Å². The first-order valence-corrected chi connectivity index (χ1v) is 11.8. The van der Waals surface area contributed by atoms with E-state index in [0.29, 0.717) is 10.8 Å². The Hall–Kier alpha value is -2.15. The zero-order valence-electron chi connectivity index (χ0n) is 15.6. The minimum Gasteiger partial charge on any atom is -0.283 e. The standard InChI is InChI=1S/C21H18ClN3OS2/c1-13-10-11-25-20(15-6-9-18(27-2)17(22)12-15)19(24-21(25)23-13)14-4-7-16(8-5-14)28(3)26/h4-12H,1-3H3. The van der Waals surface area contributed by atoms with Gasteiger partial charge in [0.05, 0.1) is 16.4 Å². The molecule has 0 fully saturated rings. The van der Waals surface area contributed by atoms with E-state index in [1.165, 1.54) is 0 Å². The molecule has 0 aliphatic heterocycles. The van der Waals surface area contributed by atoms with Gasteiger partial charge in [0, 0.05) is 49.9 Å². The Morgan fingerprint density at radius 1 is 1.04 bits per heavy atom. The summed E-state index contributed by atoms with van der Waals surface area (Å²) >= 11 is 8.09. The normalized spacial score (nSPS) is 12.4. The van der Waals surface area contributed by atoms with Crippen molar-refractivity contribution < 1.29 is 4.21 Å². The van der Waals surface area contributed by atoms with E-state index in [2.05, 4.69) is 11.1 Å². The van der Waals surface area contributed by atoms with Crippen LogP contribution in [0.25, 0.3) is 28.3 Å². The van der Waals surface area contributed by atoms with Crippen molar-refractivity contribution in [2.45, 2.75) is 16.7 Å². The summed E-state index contributed by atoms with van der Waals surface area (Å²) in [6, 6.07) is 15.7. The fourth-order valence-electron chi connectivity index (χ4n) is 3.11. The summed E-state index contributed by atoms with van der Waals surface area (Å²) in [6.07, 6.45) is 5.66. The second-order valence-electron chi connectivity index (χ2n) is 6.38.